The first kappa shape index (κ1) is 19.9. The molecular weight excluding hydrogens is 411 g/mol. The molecule has 11 heteroatoms. The molecule has 0 saturated carbocycles. The van der Waals surface area contributed by atoms with E-state index >= 15 is 0 Å². The van der Waals surface area contributed by atoms with Gasteiger partial charge < -0.3 is 10.3 Å². The van der Waals surface area contributed by atoms with Gasteiger partial charge in [0.2, 0.25) is 15.9 Å². The summed E-state index contributed by atoms with van der Waals surface area (Å²) in [5.41, 5.74) is 8.32. The summed E-state index contributed by atoms with van der Waals surface area (Å²) in [5.74, 6) is -1.16. The molecule has 3 aromatic heterocycles. The molecule has 4 rings (SSSR count). The summed E-state index contributed by atoms with van der Waals surface area (Å²) < 4.78 is 39.0. The topological polar surface area (TPSA) is 147 Å². The van der Waals surface area contributed by atoms with Crippen molar-refractivity contribution in [2.45, 2.75) is 24.8 Å². The number of carbonyl (C=O) groups excluding carboxylic acids is 1. The molecular formula is C19H17FN6O3S. The van der Waals surface area contributed by atoms with Crippen LogP contribution in [0.3, 0.4) is 0 Å². The van der Waals surface area contributed by atoms with Crippen LogP contribution in [-0.4, -0.2) is 33.8 Å². The van der Waals surface area contributed by atoms with Crippen molar-refractivity contribution < 1.29 is 17.6 Å². The standard InChI is InChI=1S/C19H17FN6O3S/c1-10-2-4-12-18-14(8-23-19(12)24-10)25-17(7-16(21)27)26(18)9-11-3-5-15(13(20)6-11)30(22,28)29/h2-6,8H,7,9H2,1H3,(H2,21,27)(H2,22,28,29). The van der Waals surface area contributed by atoms with E-state index in [4.69, 9.17) is 10.9 Å². The number of primary sulfonamides is 1. The third kappa shape index (κ3) is 3.60. The molecule has 0 aliphatic rings. The Bertz CT molecular complexity index is 1430. The normalized spacial score (nSPS) is 12.0. The molecule has 0 aliphatic heterocycles. The highest BCUT2D eigenvalue weighted by atomic mass is 32.2. The summed E-state index contributed by atoms with van der Waals surface area (Å²) in [6, 6.07) is 7.33. The highest BCUT2D eigenvalue weighted by Crippen LogP contribution is 2.26. The minimum absolute atomic E-state index is 0.119. The maximum atomic E-state index is 14.3. The van der Waals surface area contributed by atoms with Crippen LogP contribution in [0.5, 0.6) is 0 Å². The lowest BCUT2D eigenvalue weighted by Crippen LogP contribution is -2.18. The van der Waals surface area contributed by atoms with E-state index in [0.29, 0.717) is 33.5 Å². The largest absolute Gasteiger partial charge is 0.369 e. The Morgan fingerprint density at radius 1 is 1.20 bits per heavy atom. The van der Waals surface area contributed by atoms with Gasteiger partial charge in [-0.1, -0.05) is 6.07 Å². The molecule has 4 aromatic rings. The number of aromatic nitrogens is 4. The van der Waals surface area contributed by atoms with Crippen molar-refractivity contribution in [1.82, 2.24) is 19.5 Å². The number of amides is 1. The molecule has 0 unspecified atom stereocenters. The van der Waals surface area contributed by atoms with Crippen LogP contribution < -0.4 is 10.9 Å². The summed E-state index contributed by atoms with van der Waals surface area (Å²) in [6.07, 6.45) is 1.42. The third-order valence-electron chi connectivity index (χ3n) is 4.63. The van der Waals surface area contributed by atoms with Crippen LogP contribution >= 0.6 is 0 Å². The number of aryl methyl sites for hydroxylation is 1. The Morgan fingerprint density at radius 3 is 2.63 bits per heavy atom. The molecule has 30 heavy (non-hydrogen) atoms. The number of benzene rings is 1. The lowest BCUT2D eigenvalue weighted by atomic mass is 10.2. The number of halogens is 1. The van der Waals surface area contributed by atoms with Crippen molar-refractivity contribution >= 4 is 38.0 Å². The fourth-order valence-electron chi connectivity index (χ4n) is 3.36. The second-order valence-corrected chi connectivity index (χ2v) is 8.41. The molecule has 0 saturated heterocycles. The lowest BCUT2D eigenvalue weighted by Gasteiger charge is -2.11. The van der Waals surface area contributed by atoms with E-state index in [1.807, 2.05) is 19.1 Å². The molecule has 0 aliphatic carbocycles. The van der Waals surface area contributed by atoms with Crippen LogP contribution in [0.4, 0.5) is 4.39 Å². The smallest absolute Gasteiger partial charge is 0.240 e. The predicted molar refractivity (Wildman–Crippen MR) is 107 cm³/mol. The first-order valence-corrected chi connectivity index (χ1v) is 10.4. The predicted octanol–water partition coefficient (Wildman–Crippen LogP) is 1.15. The zero-order valence-corrected chi connectivity index (χ0v) is 16.6. The number of primary amides is 1. The second-order valence-electron chi connectivity index (χ2n) is 6.88. The molecule has 3 heterocycles. The minimum atomic E-state index is -4.18. The van der Waals surface area contributed by atoms with Crippen molar-refractivity contribution in [3.63, 3.8) is 0 Å². The van der Waals surface area contributed by atoms with Crippen molar-refractivity contribution in [1.29, 1.82) is 0 Å². The van der Waals surface area contributed by atoms with E-state index in [1.54, 1.807) is 10.8 Å². The second kappa shape index (κ2) is 7.11. The summed E-state index contributed by atoms with van der Waals surface area (Å²) in [7, 11) is -4.18. The van der Waals surface area contributed by atoms with Crippen molar-refractivity contribution in [3.8, 4) is 0 Å². The molecule has 9 nitrogen and oxygen atoms in total. The average molecular weight is 428 g/mol. The number of nitrogens with two attached hydrogens (primary N) is 2. The number of nitrogens with zero attached hydrogens (tertiary/aromatic N) is 4. The van der Waals surface area contributed by atoms with Crippen molar-refractivity contribution in [2.24, 2.45) is 10.9 Å². The van der Waals surface area contributed by atoms with E-state index in [-0.39, 0.29) is 13.0 Å². The SMILES string of the molecule is Cc1ccc2c(ncc3nc(CC(N)=O)n(Cc4ccc(S(N)(=O)=O)c(F)c4)c32)n1. The van der Waals surface area contributed by atoms with E-state index in [2.05, 4.69) is 15.0 Å². The maximum absolute atomic E-state index is 14.3. The number of fused-ring (bicyclic) bond motifs is 3. The zero-order valence-electron chi connectivity index (χ0n) is 15.8. The van der Waals surface area contributed by atoms with Crippen LogP contribution in [0.25, 0.3) is 22.1 Å². The van der Waals surface area contributed by atoms with Gasteiger partial charge in [0, 0.05) is 17.6 Å². The molecule has 0 fully saturated rings. The van der Waals surface area contributed by atoms with Crippen molar-refractivity contribution in [3.05, 3.63) is 59.4 Å². The molecule has 0 bridgehead atoms. The van der Waals surface area contributed by atoms with Gasteiger partial charge in [0.25, 0.3) is 0 Å². The summed E-state index contributed by atoms with van der Waals surface area (Å²) >= 11 is 0. The van der Waals surface area contributed by atoms with Gasteiger partial charge in [0.15, 0.2) is 5.65 Å². The van der Waals surface area contributed by atoms with Crippen molar-refractivity contribution in [2.75, 3.05) is 0 Å². The third-order valence-corrected chi connectivity index (χ3v) is 5.57. The van der Waals surface area contributed by atoms with Gasteiger partial charge in [-0.05, 0) is 36.8 Å². The van der Waals surface area contributed by atoms with Gasteiger partial charge in [-0.2, -0.15) is 0 Å². The summed E-state index contributed by atoms with van der Waals surface area (Å²) in [6.45, 7) is 1.96. The van der Waals surface area contributed by atoms with Gasteiger partial charge in [0.1, 0.15) is 22.1 Å². The van der Waals surface area contributed by atoms with Crippen LogP contribution in [-0.2, 0) is 27.8 Å². The zero-order chi connectivity index (χ0) is 21.6. The number of sulfonamides is 1. The van der Waals surface area contributed by atoms with Gasteiger partial charge in [-0.15, -0.1) is 0 Å². The monoisotopic (exact) mass is 428 g/mol. The number of hydrogen-bond acceptors (Lipinski definition) is 6. The number of imidazole rings is 1. The van der Waals surface area contributed by atoms with Crippen LogP contribution in [0, 0.1) is 12.7 Å². The summed E-state index contributed by atoms with van der Waals surface area (Å²) in [4.78, 5) is 24.2. The Balaban J connectivity index is 1.92. The molecule has 0 spiro atoms. The lowest BCUT2D eigenvalue weighted by molar-refractivity contribution is -0.117. The summed E-state index contributed by atoms with van der Waals surface area (Å²) in [5, 5.41) is 5.73. The fourth-order valence-corrected chi connectivity index (χ4v) is 3.95. The number of pyridine rings is 2. The quantitative estimate of drug-likeness (QED) is 0.487. The fraction of sp³-hybridized carbons (Fsp3) is 0.158. The van der Waals surface area contributed by atoms with Crippen LogP contribution in [0.2, 0.25) is 0 Å². The maximum Gasteiger partial charge on any atom is 0.240 e. The molecule has 0 radical (unpaired) electrons. The Hall–Kier alpha value is -3.44. The molecule has 1 amide bonds. The van der Waals surface area contributed by atoms with Crippen LogP contribution in [0.15, 0.2) is 41.4 Å². The van der Waals surface area contributed by atoms with E-state index in [0.717, 1.165) is 17.8 Å². The van der Waals surface area contributed by atoms with Gasteiger partial charge in [-0.25, -0.2) is 32.9 Å². The minimum Gasteiger partial charge on any atom is -0.369 e. The molecule has 154 valence electrons. The van der Waals surface area contributed by atoms with E-state index < -0.39 is 26.6 Å². The number of carbonyl (C=O) groups is 1. The number of hydrogen-bond donors (Lipinski definition) is 2. The first-order valence-electron chi connectivity index (χ1n) is 8.84. The first-order chi connectivity index (χ1) is 14.1. The number of rotatable bonds is 5. The van der Waals surface area contributed by atoms with E-state index in [9.17, 15) is 17.6 Å². The highest BCUT2D eigenvalue weighted by molar-refractivity contribution is 7.89. The Kier molecular flexibility index (Phi) is 4.71. The Labute approximate surface area is 170 Å². The average Bonchev–Trinajstić information content (AvgIpc) is 2.97. The van der Waals surface area contributed by atoms with E-state index in [1.165, 1.54) is 6.07 Å². The Morgan fingerprint density at radius 2 is 1.97 bits per heavy atom. The highest BCUT2D eigenvalue weighted by Gasteiger charge is 2.19. The van der Waals surface area contributed by atoms with Gasteiger partial charge in [0.05, 0.1) is 18.1 Å². The molecule has 1 aromatic carbocycles. The van der Waals surface area contributed by atoms with Gasteiger partial charge >= 0.3 is 0 Å². The van der Waals surface area contributed by atoms with Crippen LogP contribution in [0.1, 0.15) is 17.1 Å². The van der Waals surface area contributed by atoms with Gasteiger partial charge in [-0.3, -0.25) is 4.79 Å². The molecule has 4 N–H and O–H groups in total. The molecule has 0 atom stereocenters.